The van der Waals surface area contributed by atoms with Crippen LogP contribution in [0.3, 0.4) is 0 Å². The van der Waals surface area contributed by atoms with Crippen molar-refractivity contribution in [3.05, 3.63) is 36.1 Å². The summed E-state index contributed by atoms with van der Waals surface area (Å²) in [6.45, 7) is 7.35. The minimum Gasteiger partial charge on any atom is -0.513 e. The first-order valence-electron chi connectivity index (χ1n) is 5.91. The minimum atomic E-state index is -0.301. The highest BCUT2D eigenvalue weighted by molar-refractivity contribution is 5.44. The Morgan fingerprint density at radius 1 is 1.39 bits per heavy atom. The van der Waals surface area contributed by atoms with Crippen molar-refractivity contribution in [2.75, 3.05) is 7.11 Å². The number of nitrogens with two attached hydrogens (primary N) is 1. The molecule has 0 spiro atoms. The predicted octanol–water partition coefficient (Wildman–Crippen LogP) is 2.94. The van der Waals surface area contributed by atoms with Crippen LogP contribution in [0.5, 0.6) is 11.5 Å². The second-order valence-corrected chi connectivity index (χ2v) is 4.45. The molecule has 0 aliphatic carbocycles. The standard InChI is InChI=1S/C14H21NO3/c1-9(2)18-13-6-5-11(8-14(13)17-4)12(15)7-10(3)16/h5-6,8-9,12,16H,3,7,15H2,1-2,4H3. The maximum atomic E-state index is 9.15. The number of hydrogen-bond donors (Lipinski definition) is 2. The van der Waals surface area contributed by atoms with Crippen LogP contribution in [-0.2, 0) is 0 Å². The van der Waals surface area contributed by atoms with E-state index in [1.807, 2.05) is 32.0 Å². The van der Waals surface area contributed by atoms with Crippen molar-refractivity contribution in [3.8, 4) is 11.5 Å². The van der Waals surface area contributed by atoms with Crippen molar-refractivity contribution in [1.82, 2.24) is 0 Å². The summed E-state index contributed by atoms with van der Waals surface area (Å²) >= 11 is 0. The van der Waals surface area contributed by atoms with Crippen molar-refractivity contribution in [3.63, 3.8) is 0 Å². The molecule has 0 fully saturated rings. The maximum Gasteiger partial charge on any atom is 0.161 e. The molecule has 4 nitrogen and oxygen atoms in total. The summed E-state index contributed by atoms with van der Waals surface area (Å²) in [5, 5.41) is 9.15. The average Bonchev–Trinajstić information content (AvgIpc) is 2.27. The Morgan fingerprint density at radius 3 is 2.56 bits per heavy atom. The van der Waals surface area contributed by atoms with Crippen LogP contribution >= 0.6 is 0 Å². The Hall–Kier alpha value is -1.68. The molecular weight excluding hydrogens is 230 g/mol. The molecule has 0 radical (unpaired) electrons. The van der Waals surface area contributed by atoms with Gasteiger partial charge in [-0.3, -0.25) is 0 Å². The zero-order valence-electron chi connectivity index (χ0n) is 11.1. The van der Waals surface area contributed by atoms with E-state index in [4.69, 9.17) is 20.3 Å². The van der Waals surface area contributed by atoms with E-state index in [-0.39, 0.29) is 17.9 Å². The van der Waals surface area contributed by atoms with E-state index in [1.165, 1.54) is 0 Å². The number of methoxy groups -OCH3 is 1. The van der Waals surface area contributed by atoms with Gasteiger partial charge in [-0.15, -0.1) is 0 Å². The zero-order chi connectivity index (χ0) is 13.7. The third-order valence-electron chi connectivity index (χ3n) is 2.43. The summed E-state index contributed by atoms with van der Waals surface area (Å²) in [4.78, 5) is 0. The van der Waals surface area contributed by atoms with Gasteiger partial charge in [0, 0.05) is 12.5 Å². The fraction of sp³-hybridized carbons (Fsp3) is 0.429. The highest BCUT2D eigenvalue weighted by Crippen LogP contribution is 2.31. The lowest BCUT2D eigenvalue weighted by Crippen LogP contribution is -2.12. The van der Waals surface area contributed by atoms with Gasteiger partial charge in [-0.2, -0.15) is 0 Å². The summed E-state index contributed by atoms with van der Waals surface area (Å²) in [7, 11) is 1.59. The zero-order valence-corrected chi connectivity index (χ0v) is 11.1. The molecular formula is C14H21NO3. The van der Waals surface area contributed by atoms with E-state index in [9.17, 15) is 0 Å². The molecule has 1 rings (SSSR count). The van der Waals surface area contributed by atoms with Crippen molar-refractivity contribution in [1.29, 1.82) is 0 Å². The molecule has 1 atom stereocenters. The van der Waals surface area contributed by atoms with E-state index in [0.717, 1.165) is 5.56 Å². The lowest BCUT2D eigenvalue weighted by molar-refractivity contribution is 0.230. The molecule has 0 saturated carbocycles. The van der Waals surface area contributed by atoms with Gasteiger partial charge >= 0.3 is 0 Å². The summed E-state index contributed by atoms with van der Waals surface area (Å²) < 4.78 is 10.9. The van der Waals surface area contributed by atoms with Crippen molar-refractivity contribution in [2.45, 2.75) is 32.4 Å². The largest absolute Gasteiger partial charge is 0.513 e. The summed E-state index contributed by atoms with van der Waals surface area (Å²) in [6, 6.07) is 5.22. The molecule has 18 heavy (non-hydrogen) atoms. The fourth-order valence-electron chi connectivity index (χ4n) is 1.64. The quantitative estimate of drug-likeness (QED) is 0.763. The molecule has 0 saturated heterocycles. The van der Waals surface area contributed by atoms with E-state index in [2.05, 4.69) is 6.58 Å². The number of aliphatic hydroxyl groups is 1. The Morgan fingerprint density at radius 2 is 2.06 bits per heavy atom. The van der Waals surface area contributed by atoms with Gasteiger partial charge in [0.25, 0.3) is 0 Å². The molecule has 1 aromatic rings. The molecule has 0 heterocycles. The van der Waals surface area contributed by atoms with Gasteiger partial charge in [-0.05, 0) is 31.5 Å². The Balaban J connectivity index is 2.94. The second-order valence-electron chi connectivity index (χ2n) is 4.45. The first-order chi connectivity index (χ1) is 8.43. The first-order valence-corrected chi connectivity index (χ1v) is 5.91. The van der Waals surface area contributed by atoms with Crippen LogP contribution in [0, 0.1) is 0 Å². The second kappa shape index (κ2) is 6.31. The van der Waals surface area contributed by atoms with Crippen LogP contribution < -0.4 is 15.2 Å². The molecule has 0 aliphatic heterocycles. The van der Waals surface area contributed by atoms with Gasteiger partial charge in [0.1, 0.15) is 0 Å². The highest BCUT2D eigenvalue weighted by atomic mass is 16.5. The van der Waals surface area contributed by atoms with Crippen LogP contribution in [0.2, 0.25) is 0 Å². The Labute approximate surface area is 108 Å². The molecule has 1 aromatic carbocycles. The average molecular weight is 251 g/mol. The summed E-state index contributed by atoms with van der Waals surface area (Å²) in [5.41, 5.74) is 6.83. The van der Waals surface area contributed by atoms with Gasteiger partial charge in [-0.25, -0.2) is 0 Å². The molecule has 0 amide bonds. The highest BCUT2D eigenvalue weighted by Gasteiger charge is 2.12. The SMILES string of the molecule is C=C(O)CC(N)c1ccc(OC(C)C)c(OC)c1. The Bertz CT molecular complexity index is 416. The van der Waals surface area contributed by atoms with Crippen molar-refractivity contribution < 1.29 is 14.6 Å². The summed E-state index contributed by atoms with van der Waals surface area (Å²) in [6.07, 6.45) is 0.406. The molecule has 3 N–H and O–H groups in total. The smallest absolute Gasteiger partial charge is 0.161 e. The van der Waals surface area contributed by atoms with E-state index >= 15 is 0 Å². The molecule has 0 aliphatic rings. The van der Waals surface area contributed by atoms with Crippen LogP contribution in [-0.4, -0.2) is 18.3 Å². The lowest BCUT2D eigenvalue weighted by atomic mass is 10.0. The van der Waals surface area contributed by atoms with Crippen LogP contribution in [0.25, 0.3) is 0 Å². The Kier molecular flexibility index (Phi) is 5.04. The van der Waals surface area contributed by atoms with Gasteiger partial charge in [-0.1, -0.05) is 12.6 Å². The van der Waals surface area contributed by atoms with E-state index in [0.29, 0.717) is 17.9 Å². The van der Waals surface area contributed by atoms with E-state index in [1.54, 1.807) is 7.11 Å². The lowest BCUT2D eigenvalue weighted by Gasteiger charge is -2.17. The fourth-order valence-corrected chi connectivity index (χ4v) is 1.64. The third-order valence-corrected chi connectivity index (χ3v) is 2.43. The molecule has 0 aromatic heterocycles. The van der Waals surface area contributed by atoms with Crippen LogP contribution in [0.4, 0.5) is 0 Å². The number of rotatable bonds is 6. The molecule has 1 unspecified atom stereocenters. The molecule has 4 heteroatoms. The number of aliphatic hydroxyl groups excluding tert-OH is 1. The molecule has 100 valence electrons. The number of benzene rings is 1. The van der Waals surface area contributed by atoms with Gasteiger partial charge in [0.05, 0.1) is 19.0 Å². The first kappa shape index (κ1) is 14.4. The van der Waals surface area contributed by atoms with Crippen molar-refractivity contribution in [2.24, 2.45) is 5.73 Å². The summed E-state index contributed by atoms with van der Waals surface area (Å²) in [5.74, 6) is 1.40. The topological polar surface area (TPSA) is 64.7 Å². The van der Waals surface area contributed by atoms with Crippen molar-refractivity contribution >= 4 is 0 Å². The number of ether oxygens (including phenoxy) is 2. The third kappa shape index (κ3) is 3.96. The monoisotopic (exact) mass is 251 g/mol. The number of hydrogen-bond acceptors (Lipinski definition) is 4. The van der Waals surface area contributed by atoms with Gasteiger partial charge < -0.3 is 20.3 Å². The minimum absolute atomic E-state index is 0.0731. The molecule has 0 bridgehead atoms. The van der Waals surface area contributed by atoms with Crippen LogP contribution in [0.15, 0.2) is 30.5 Å². The van der Waals surface area contributed by atoms with E-state index < -0.39 is 0 Å². The normalized spacial score (nSPS) is 12.3. The predicted molar refractivity (Wildman–Crippen MR) is 72.1 cm³/mol. The van der Waals surface area contributed by atoms with Gasteiger partial charge in [0.2, 0.25) is 0 Å². The maximum absolute atomic E-state index is 9.15. The van der Waals surface area contributed by atoms with Crippen LogP contribution in [0.1, 0.15) is 31.9 Å². The van der Waals surface area contributed by atoms with Gasteiger partial charge in [0.15, 0.2) is 11.5 Å².